The summed E-state index contributed by atoms with van der Waals surface area (Å²) < 4.78 is 3.33. The van der Waals surface area contributed by atoms with E-state index >= 15 is 0 Å². The summed E-state index contributed by atoms with van der Waals surface area (Å²) in [5.74, 6) is 0.946. The normalized spacial score (nSPS) is 25.4. The Bertz CT molecular complexity index is 1790. The molecule has 2 N–H and O–H groups in total. The monoisotopic (exact) mass is 578 g/mol. The first kappa shape index (κ1) is 26.6. The number of nitrogens with one attached hydrogen (secondary N) is 1. The number of anilines is 3. The first-order chi connectivity index (χ1) is 20.8. The van der Waals surface area contributed by atoms with Gasteiger partial charge >= 0.3 is 0 Å². The van der Waals surface area contributed by atoms with Gasteiger partial charge in [-0.2, -0.15) is 4.98 Å². The molecule has 1 aromatic carbocycles. The second-order valence-corrected chi connectivity index (χ2v) is 12.9. The third-order valence-electron chi connectivity index (χ3n) is 10.7. The Morgan fingerprint density at radius 2 is 1.86 bits per heavy atom. The molecule has 10 heteroatoms. The molecule has 2 bridgehead atoms. The number of likely N-dealkylation sites (N-methyl/N-ethyl adjacent to an activating group) is 1. The summed E-state index contributed by atoms with van der Waals surface area (Å²) in [4.78, 5) is 32.8. The molecule has 6 heterocycles. The van der Waals surface area contributed by atoms with Crippen molar-refractivity contribution in [3.63, 3.8) is 0 Å². The van der Waals surface area contributed by atoms with Crippen molar-refractivity contribution in [2.75, 3.05) is 30.4 Å². The Morgan fingerprint density at radius 3 is 2.53 bits per heavy atom. The van der Waals surface area contributed by atoms with Gasteiger partial charge in [-0.05, 0) is 81.5 Å². The SMILES string of the molecule is C=CCn1c(=O)c2cnc(Nc3ccc(N4CC5CC(C4)N5C)cc3)nc2n1-c1ccc2c(n1)[C@](O)(CC)C1(CC2)CC1. The number of hydrogen-bond donors (Lipinski definition) is 2. The standard InChI is InChI=1S/C33H38N8O2/c1-4-16-40-30(42)26-18-34-31(35-22-7-9-23(10-8-22)39-19-24-17-25(20-39)38(24)3)37-29(26)41(40)27-11-6-21-12-13-32(14-15-32)33(43,5-2)28(21)36-27/h4,6-11,18,24-25,43H,1,5,12-17,19-20H2,2-3H3,(H,34,35,37)/t24?,25?,33-/m1/s1. The fourth-order valence-corrected chi connectivity index (χ4v) is 7.85. The Balaban J connectivity index is 1.15. The van der Waals surface area contributed by atoms with E-state index in [1.54, 1.807) is 21.6 Å². The lowest BCUT2D eigenvalue weighted by atomic mass is 9.70. The van der Waals surface area contributed by atoms with Crippen molar-refractivity contribution in [2.45, 2.75) is 69.7 Å². The zero-order valence-electron chi connectivity index (χ0n) is 24.8. The lowest BCUT2D eigenvalue weighted by Gasteiger charge is -2.55. The number of hydrogen-bond acceptors (Lipinski definition) is 8. The van der Waals surface area contributed by atoms with Crippen LogP contribution in [0.3, 0.4) is 0 Å². The molecule has 4 aromatic rings. The van der Waals surface area contributed by atoms with Gasteiger partial charge < -0.3 is 15.3 Å². The van der Waals surface area contributed by atoms with Crippen LogP contribution in [-0.2, 0) is 18.6 Å². The van der Waals surface area contributed by atoms with Crippen LogP contribution in [0.1, 0.15) is 50.3 Å². The summed E-state index contributed by atoms with van der Waals surface area (Å²) in [5, 5.41) is 15.7. The molecule has 4 fully saturated rings. The molecule has 3 atom stereocenters. The van der Waals surface area contributed by atoms with Gasteiger partial charge in [0.15, 0.2) is 11.5 Å². The lowest BCUT2D eigenvalue weighted by Crippen LogP contribution is -2.67. The topological polar surface area (TPSA) is 104 Å². The van der Waals surface area contributed by atoms with Crippen LogP contribution >= 0.6 is 0 Å². The number of aromatic nitrogens is 5. The number of pyridine rings is 1. The van der Waals surface area contributed by atoms with Crippen LogP contribution < -0.4 is 15.8 Å². The number of nitrogens with zero attached hydrogens (tertiary/aromatic N) is 7. The summed E-state index contributed by atoms with van der Waals surface area (Å²) in [5.41, 5.74) is 3.10. The van der Waals surface area contributed by atoms with E-state index < -0.39 is 5.60 Å². The Hall–Kier alpha value is -4.02. The smallest absolute Gasteiger partial charge is 0.278 e. The van der Waals surface area contributed by atoms with Crippen molar-refractivity contribution in [2.24, 2.45) is 5.41 Å². The Labute approximate surface area is 250 Å². The summed E-state index contributed by atoms with van der Waals surface area (Å²) in [6.07, 6.45) is 9.11. The first-order valence-corrected chi connectivity index (χ1v) is 15.5. The number of benzene rings is 1. The van der Waals surface area contributed by atoms with Crippen LogP contribution in [0.25, 0.3) is 16.9 Å². The molecule has 0 radical (unpaired) electrons. The molecule has 9 rings (SSSR count). The number of rotatable bonds is 7. The van der Waals surface area contributed by atoms with Crippen LogP contribution in [0.4, 0.5) is 17.3 Å². The van der Waals surface area contributed by atoms with Gasteiger partial charge in [0, 0.05) is 48.2 Å². The molecule has 222 valence electrons. The van der Waals surface area contributed by atoms with Gasteiger partial charge in [-0.15, -0.1) is 6.58 Å². The van der Waals surface area contributed by atoms with Crippen LogP contribution in [0.2, 0.25) is 0 Å². The minimum absolute atomic E-state index is 0.0839. The maximum atomic E-state index is 13.5. The van der Waals surface area contributed by atoms with Crippen LogP contribution in [0.5, 0.6) is 0 Å². The van der Waals surface area contributed by atoms with Crippen LogP contribution in [0, 0.1) is 5.41 Å². The molecular weight excluding hydrogens is 540 g/mol. The van der Waals surface area contributed by atoms with Gasteiger partial charge in [-0.3, -0.25) is 9.69 Å². The van der Waals surface area contributed by atoms with Crippen molar-refractivity contribution in [3.05, 3.63) is 76.9 Å². The predicted molar refractivity (Wildman–Crippen MR) is 167 cm³/mol. The average molecular weight is 579 g/mol. The van der Waals surface area contributed by atoms with Crippen molar-refractivity contribution >= 4 is 28.4 Å². The highest BCUT2D eigenvalue weighted by atomic mass is 16.3. The minimum Gasteiger partial charge on any atom is -0.383 e. The van der Waals surface area contributed by atoms with Crippen molar-refractivity contribution in [1.82, 2.24) is 29.2 Å². The second-order valence-electron chi connectivity index (χ2n) is 12.9. The van der Waals surface area contributed by atoms with Crippen molar-refractivity contribution in [1.29, 1.82) is 0 Å². The van der Waals surface area contributed by atoms with E-state index in [-0.39, 0.29) is 17.5 Å². The largest absolute Gasteiger partial charge is 0.383 e. The molecule has 3 aliphatic heterocycles. The minimum atomic E-state index is -0.971. The fourth-order valence-electron chi connectivity index (χ4n) is 7.85. The quantitative estimate of drug-likeness (QED) is 0.316. The van der Waals surface area contributed by atoms with E-state index in [1.807, 2.05) is 31.2 Å². The molecule has 43 heavy (non-hydrogen) atoms. The first-order valence-electron chi connectivity index (χ1n) is 15.5. The summed E-state index contributed by atoms with van der Waals surface area (Å²) >= 11 is 0. The molecule has 10 nitrogen and oxygen atoms in total. The second kappa shape index (κ2) is 9.49. The van der Waals surface area contributed by atoms with Crippen LogP contribution in [0.15, 0.2) is 60.0 Å². The summed E-state index contributed by atoms with van der Waals surface area (Å²) in [7, 11) is 2.22. The van der Waals surface area contributed by atoms with Crippen molar-refractivity contribution < 1.29 is 5.11 Å². The zero-order valence-corrected chi connectivity index (χ0v) is 24.8. The highest BCUT2D eigenvalue weighted by Crippen LogP contribution is 2.64. The summed E-state index contributed by atoms with van der Waals surface area (Å²) in [6, 6.07) is 13.7. The zero-order chi connectivity index (χ0) is 29.5. The van der Waals surface area contributed by atoms with Gasteiger partial charge in [-0.25, -0.2) is 19.3 Å². The third kappa shape index (κ3) is 3.92. The number of piperazine rings is 1. The number of aliphatic hydroxyl groups is 1. The maximum Gasteiger partial charge on any atom is 0.278 e. The fraction of sp³-hybridized carbons (Fsp3) is 0.455. The van der Waals surface area contributed by atoms with Gasteiger partial charge in [0.25, 0.3) is 5.56 Å². The highest BCUT2D eigenvalue weighted by Gasteiger charge is 2.61. The number of piperidine rings is 1. The molecule has 2 aliphatic carbocycles. The van der Waals surface area contributed by atoms with Gasteiger partial charge in [0.05, 0.1) is 12.2 Å². The molecular formula is C33H38N8O2. The average Bonchev–Trinajstić information content (AvgIpc) is 3.78. The molecule has 3 aromatic heterocycles. The predicted octanol–water partition coefficient (Wildman–Crippen LogP) is 4.12. The van der Waals surface area contributed by atoms with Crippen LogP contribution in [-0.4, -0.2) is 66.5 Å². The third-order valence-corrected chi connectivity index (χ3v) is 10.7. The van der Waals surface area contributed by atoms with Gasteiger partial charge in [0.2, 0.25) is 5.95 Å². The molecule has 1 saturated carbocycles. The van der Waals surface area contributed by atoms with Crippen molar-refractivity contribution in [3.8, 4) is 5.82 Å². The molecule has 2 unspecified atom stereocenters. The van der Waals surface area contributed by atoms with E-state index in [1.165, 1.54) is 12.1 Å². The Morgan fingerprint density at radius 1 is 1.09 bits per heavy atom. The van der Waals surface area contributed by atoms with E-state index in [9.17, 15) is 9.90 Å². The van der Waals surface area contributed by atoms with E-state index in [4.69, 9.17) is 9.97 Å². The van der Waals surface area contributed by atoms with Gasteiger partial charge in [-0.1, -0.05) is 19.1 Å². The molecule has 0 amide bonds. The number of aryl methyl sites for hydroxylation is 1. The van der Waals surface area contributed by atoms with E-state index in [0.717, 1.165) is 55.7 Å². The maximum absolute atomic E-state index is 13.5. The van der Waals surface area contributed by atoms with E-state index in [0.29, 0.717) is 41.3 Å². The Kier molecular flexibility index (Phi) is 5.87. The van der Waals surface area contributed by atoms with E-state index in [2.05, 4.69) is 45.9 Å². The number of allylic oxidation sites excluding steroid dienone is 1. The summed E-state index contributed by atoms with van der Waals surface area (Å²) in [6.45, 7) is 8.32. The molecule has 1 spiro atoms. The van der Waals surface area contributed by atoms with Gasteiger partial charge in [0.1, 0.15) is 11.0 Å². The highest BCUT2D eigenvalue weighted by molar-refractivity contribution is 5.77. The number of fused-ring (bicyclic) bond motifs is 4. The molecule has 5 aliphatic rings. The molecule has 3 saturated heterocycles. The lowest BCUT2D eigenvalue weighted by molar-refractivity contribution is -0.0580.